The van der Waals surface area contributed by atoms with E-state index in [1.807, 2.05) is 26.8 Å². The quantitative estimate of drug-likeness (QED) is 0.731. The zero-order valence-electron chi connectivity index (χ0n) is 16.7. The number of ether oxygens (including phenoxy) is 3. The summed E-state index contributed by atoms with van der Waals surface area (Å²) in [6, 6.07) is 8.52. The second kappa shape index (κ2) is 8.37. The summed E-state index contributed by atoms with van der Waals surface area (Å²) in [7, 11) is 1.72. The molecule has 0 saturated carbocycles. The Bertz CT molecular complexity index is 915. The zero-order chi connectivity index (χ0) is 20.3. The summed E-state index contributed by atoms with van der Waals surface area (Å²) in [6.07, 6.45) is -0.121. The summed E-state index contributed by atoms with van der Waals surface area (Å²) < 4.78 is 18.5. The van der Waals surface area contributed by atoms with Gasteiger partial charge in [0.1, 0.15) is 11.9 Å². The van der Waals surface area contributed by atoms with Crippen LogP contribution in [0.2, 0.25) is 0 Å². The van der Waals surface area contributed by atoms with Crippen molar-refractivity contribution in [2.45, 2.75) is 26.9 Å². The Morgan fingerprint density at radius 3 is 2.39 bits per heavy atom. The van der Waals surface area contributed by atoms with Crippen molar-refractivity contribution >= 4 is 5.91 Å². The lowest BCUT2D eigenvalue weighted by Gasteiger charge is -2.39. The molecule has 1 fully saturated rings. The summed E-state index contributed by atoms with van der Waals surface area (Å²) in [5.74, 6) is 1.66. The second-order valence-corrected chi connectivity index (χ2v) is 6.71. The number of rotatable bonds is 7. The van der Waals surface area contributed by atoms with Gasteiger partial charge in [0.2, 0.25) is 0 Å². The van der Waals surface area contributed by atoms with Crippen molar-refractivity contribution in [3.05, 3.63) is 51.9 Å². The minimum atomic E-state index is -0.121. The van der Waals surface area contributed by atoms with E-state index in [1.54, 1.807) is 34.7 Å². The van der Waals surface area contributed by atoms with E-state index >= 15 is 0 Å². The van der Waals surface area contributed by atoms with Crippen molar-refractivity contribution in [3.8, 4) is 17.2 Å². The molecule has 1 aliphatic rings. The van der Waals surface area contributed by atoms with Crippen LogP contribution in [-0.2, 0) is 7.05 Å². The molecule has 28 heavy (non-hydrogen) atoms. The standard InChI is InChI=1S/C21H26N2O5/c1-5-26-18-8-7-15(10-19(18)27-6-2)21(25)23-12-17(13-23)28-16-9-14(3)22(4)20(24)11-16/h7-11,17H,5-6,12-13H2,1-4H3. The fourth-order valence-corrected chi connectivity index (χ4v) is 3.04. The Morgan fingerprint density at radius 1 is 1.07 bits per heavy atom. The van der Waals surface area contributed by atoms with Crippen LogP contribution < -0.4 is 19.8 Å². The molecule has 0 radical (unpaired) electrons. The van der Waals surface area contributed by atoms with Crippen LogP contribution in [0.3, 0.4) is 0 Å². The van der Waals surface area contributed by atoms with Gasteiger partial charge < -0.3 is 23.7 Å². The van der Waals surface area contributed by atoms with Crippen LogP contribution in [0.4, 0.5) is 0 Å². The molecule has 0 aliphatic carbocycles. The molecule has 0 atom stereocenters. The predicted octanol–water partition coefficient (Wildman–Crippen LogP) is 2.39. The highest BCUT2D eigenvalue weighted by atomic mass is 16.5. The smallest absolute Gasteiger partial charge is 0.254 e. The van der Waals surface area contributed by atoms with Gasteiger partial charge in [-0.1, -0.05) is 0 Å². The van der Waals surface area contributed by atoms with Gasteiger partial charge in [0.15, 0.2) is 11.5 Å². The molecule has 7 nitrogen and oxygen atoms in total. The molecule has 2 aromatic rings. The molecule has 1 amide bonds. The van der Waals surface area contributed by atoms with Crippen LogP contribution in [0.5, 0.6) is 17.2 Å². The topological polar surface area (TPSA) is 70.0 Å². The first-order chi connectivity index (χ1) is 13.4. The Morgan fingerprint density at radius 2 is 1.75 bits per heavy atom. The highest BCUT2D eigenvalue weighted by molar-refractivity contribution is 5.95. The molecular formula is C21H26N2O5. The van der Waals surface area contributed by atoms with Gasteiger partial charge in [0.05, 0.1) is 26.3 Å². The molecule has 0 spiro atoms. The molecule has 1 aromatic carbocycles. The van der Waals surface area contributed by atoms with Crippen molar-refractivity contribution < 1.29 is 19.0 Å². The van der Waals surface area contributed by atoms with E-state index < -0.39 is 0 Å². The van der Waals surface area contributed by atoms with Gasteiger partial charge in [-0.05, 0) is 45.0 Å². The lowest BCUT2D eigenvalue weighted by Crippen LogP contribution is -2.56. The Kier molecular flexibility index (Phi) is 5.92. The van der Waals surface area contributed by atoms with Crippen LogP contribution >= 0.6 is 0 Å². The molecular weight excluding hydrogens is 360 g/mol. The average Bonchev–Trinajstić information content (AvgIpc) is 2.63. The van der Waals surface area contributed by atoms with Crippen molar-refractivity contribution in [2.24, 2.45) is 7.05 Å². The SMILES string of the molecule is CCOc1ccc(C(=O)N2CC(Oc3cc(C)n(C)c(=O)c3)C2)cc1OCC. The van der Waals surface area contributed by atoms with E-state index in [1.165, 1.54) is 6.07 Å². The molecule has 0 N–H and O–H groups in total. The number of aromatic nitrogens is 1. The normalized spacial score (nSPS) is 13.8. The lowest BCUT2D eigenvalue weighted by molar-refractivity contribution is 0.0176. The van der Waals surface area contributed by atoms with Gasteiger partial charge in [-0.3, -0.25) is 9.59 Å². The minimum absolute atomic E-state index is 0.0796. The minimum Gasteiger partial charge on any atom is -0.490 e. The predicted molar refractivity (Wildman–Crippen MR) is 106 cm³/mol. The van der Waals surface area contributed by atoms with Gasteiger partial charge in [-0.25, -0.2) is 0 Å². The number of hydrogen-bond acceptors (Lipinski definition) is 5. The molecule has 150 valence electrons. The number of amides is 1. The highest BCUT2D eigenvalue weighted by Gasteiger charge is 2.33. The highest BCUT2D eigenvalue weighted by Crippen LogP contribution is 2.30. The molecule has 2 heterocycles. The second-order valence-electron chi connectivity index (χ2n) is 6.71. The number of aryl methyl sites for hydroxylation is 1. The third kappa shape index (κ3) is 4.13. The third-order valence-electron chi connectivity index (χ3n) is 4.70. The number of carbonyl (C=O) groups is 1. The summed E-state index contributed by atoms with van der Waals surface area (Å²) in [5, 5.41) is 0. The summed E-state index contributed by atoms with van der Waals surface area (Å²) in [4.78, 5) is 26.3. The molecule has 0 unspecified atom stereocenters. The van der Waals surface area contributed by atoms with Crippen molar-refractivity contribution in [1.29, 1.82) is 0 Å². The molecule has 1 aliphatic heterocycles. The van der Waals surface area contributed by atoms with Crippen LogP contribution in [-0.4, -0.2) is 47.8 Å². The van der Waals surface area contributed by atoms with E-state index in [-0.39, 0.29) is 17.6 Å². The molecule has 7 heteroatoms. The van der Waals surface area contributed by atoms with Crippen molar-refractivity contribution in [3.63, 3.8) is 0 Å². The summed E-state index contributed by atoms with van der Waals surface area (Å²) >= 11 is 0. The lowest BCUT2D eigenvalue weighted by atomic mass is 10.1. The first-order valence-electron chi connectivity index (χ1n) is 9.46. The maximum absolute atomic E-state index is 12.7. The fraction of sp³-hybridized carbons (Fsp3) is 0.429. The fourth-order valence-electron chi connectivity index (χ4n) is 3.04. The zero-order valence-corrected chi connectivity index (χ0v) is 16.7. The largest absolute Gasteiger partial charge is 0.490 e. The molecule has 1 saturated heterocycles. The number of nitrogens with zero attached hydrogens (tertiary/aromatic N) is 2. The number of hydrogen-bond donors (Lipinski definition) is 0. The van der Waals surface area contributed by atoms with Crippen molar-refractivity contribution in [1.82, 2.24) is 9.47 Å². The van der Waals surface area contributed by atoms with Gasteiger partial charge in [0.25, 0.3) is 11.5 Å². The summed E-state index contributed by atoms with van der Waals surface area (Å²) in [6.45, 7) is 7.62. The van der Waals surface area contributed by atoms with Crippen molar-refractivity contribution in [2.75, 3.05) is 26.3 Å². The van der Waals surface area contributed by atoms with Gasteiger partial charge in [-0.2, -0.15) is 0 Å². The van der Waals surface area contributed by atoms with E-state index in [4.69, 9.17) is 14.2 Å². The Labute approximate surface area is 164 Å². The monoisotopic (exact) mass is 386 g/mol. The molecule has 3 rings (SSSR count). The van der Waals surface area contributed by atoms with E-state index in [2.05, 4.69) is 0 Å². The average molecular weight is 386 g/mol. The summed E-state index contributed by atoms with van der Waals surface area (Å²) in [5.41, 5.74) is 1.27. The first kappa shape index (κ1) is 19.8. The Balaban J connectivity index is 1.63. The van der Waals surface area contributed by atoms with Crippen LogP contribution in [0.1, 0.15) is 29.9 Å². The maximum Gasteiger partial charge on any atom is 0.254 e. The van der Waals surface area contributed by atoms with Crippen LogP contribution in [0.25, 0.3) is 0 Å². The molecule has 0 bridgehead atoms. The van der Waals surface area contributed by atoms with E-state index in [9.17, 15) is 9.59 Å². The van der Waals surface area contributed by atoms with Gasteiger partial charge in [-0.15, -0.1) is 0 Å². The van der Waals surface area contributed by atoms with Gasteiger partial charge >= 0.3 is 0 Å². The number of carbonyl (C=O) groups excluding carboxylic acids is 1. The third-order valence-corrected chi connectivity index (χ3v) is 4.70. The van der Waals surface area contributed by atoms with E-state index in [0.29, 0.717) is 49.1 Å². The van der Waals surface area contributed by atoms with Crippen LogP contribution in [0, 0.1) is 6.92 Å². The maximum atomic E-state index is 12.7. The number of pyridine rings is 1. The van der Waals surface area contributed by atoms with Crippen LogP contribution in [0.15, 0.2) is 35.1 Å². The Hall–Kier alpha value is -2.96. The van der Waals surface area contributed by atoms with E-state index in [0.717, 1.165) is 5.69 Å². The first-order valence-corrected chi connectivity index (χ1v) is 9.46. The number of benzene rings is 1. The number of likely N-dealkylation sites (tertiary alicyclic amines) is 1. The molecule has 1 aromatic heterocycles. The van der Waals surface area contributed by atoms with Gasteiger partial charge in [0, 0.05) is 24.4 Å².